The summed E-state index contributed by atoms with van der Waals surface area (Å²) in [6.45, 7) is 0.922. The van der Waals surface area contributed by atoms with Gasteiger partial charge in [0.1, 0.15) is 29.9 Å². The topological polar surface area (TPSA) is 78.4 Å². The van der Waals surface area contributed by atoms with Gasteiger partial charge in [-0.1, -0.05) is 0 Å². The van der Waals surface area contributed by atoms with E-state index in [9.17, 15) is 13.2 Å². The van der Waals surface area contributed by atoms with Gasteiger partial charge in [-0.05, 0) is 42.3 Å². The van der Waals surface area contributed by atoms with Crippen molar-refractivity contribution in [3.8, 4) is 22.6 Å². The van der Waals surface area contributed by atoms with E-state index in [4.69, 9.17) is 0 Å². The Morgan fingerprint density at radius 2 is 1.92 bits per heavy atom. The van der Waals surface area contributed by atoms with E-state index in [2.05, 4.69) is 25.6 Å². The molecule has 1 aliphatic heterocycles. The van der Waals surface area contributed by atoms with Crippen LogP contribution in [-0.4, -0.2) is 40.8 Å². The van der Waals surface area contributed by atoms with E-state index >= 15 is 8.78 Å². The summed E-state index contributed by atoms with van der Waals surface area (Å²) < 4.78 is 77.3. The van der Waals surface area contributed by atoms with Gasteiger partial charge in [-0.25, -0.2) is 18.2 Å². The third-order valence-electron chi connectivity index (χ3n) is 6.81. The minimum atomic E-state index is -3.98. The number of nitrogens with zero attached hydrogens (tertiary/aromatic N) is 7. The zero-order chi connectivity index (χ0) is 27.5. The Bertz CT molecular complexity index is 1700. The summed E-state index contributed by atoms with van der Waals surface area (Å²) in [5, 5.41) is 14.9. The van der Waals surface area contributed by atoms with Crippen molar-refractivity contribution in [1.29, 1.82) is 0 Å². The quantitative estimate of drug-likeness (QED) is 0.287. The molecule has 5 aromatic rings. The molecule has 0 saturated carbocycles. The lowest BCUT2D eigenvalue weighted by molar-refractivity contribution is 0.0220. The largest absolute Gasteiger partial charge is 0.342 e. The summed E-state index contributed by atoms with van der Waals surface area (Å²) >= 11 is 0. The van der Waals surface area contributed by atoms with Crippen LogP contribution in [0.4, 0.5) is 33.6 Å². The number of halogens is 5. The molecule has 1 atom stereocenters. The van der Waals surface area contributed by atoms with Gasteiger partial charge in [0.25, 0.3) is 0 Å². The molecule has 8 nitrogen and oxygen atoms in total. The average molecular weight is 541 g/mol. The van der Waals surface area contributed by atoms with Crippen molar-refractivity contribution >= 4 is 11.6 Å². The number of nitrogens with one attached hydrogen (secondary N) is 1. The fourth-order valence-electron chi connectivity index (χ4n) is 4.84. The number of hydrogen-bond acceptors (Lipinski definition) is 5. The Labute approximate surface area is 218 Å². The smallest absolute Gasteiger partial charge is 0.334 e. The van der Waals surface area contributed by atoms with Crippen LogP contribution in [0.15, 0.2) is 55.0 Å². The van der Waals surface area contributed by atoms with E-state index in [1.165, 1.54) is 0 Å². The van der Waals surface area contributed by atoms with Gasteiger partial charge in [0.15, 0.2) is 5.82 Å². The zero-order valence-electron chi connectivity index (χ0n) is 20.7. The summed E-state index contributed by atoms with van der Waals surface area (Å²) in [5.41, 5.74) is 1.79. The molecular weight excluding hydrogens is 519 g/mol. The minimum absolute atomic E-state index is 0.0206. The van der Waals surface area contributed by atoms with Crippen LogP contribution in [0.1, 0.15) is 23.0 Å². The predicted octanol–water partition coefficient (Wildman–Crippen LogP) is 5.54. The van der Waals surface area contributed by atoms with Crippen LogP contribution in [0, 0.1) is 18.6 Å². The first-order valence-electron chi connectivity index (χ1n) is 11.9. The van der Waals surface area contributed by atoms with Gasteiger partial charge in [-0.2, -0.15) is 13.9 Å². The number of fused-ring (bicyclic) bond motifs is 3. The first-order chi connectivity index (χ1) is 18.7. The first-order valence-corrected chi connectivity index (χ1v) is 11.9. The number of alkyl halides is 3. The lowest BCUT2D eigenvalue weighted by Crippen LogP contribution is -2.30. The van der Waals surface area contributed by atoms with Crippen molar-refractivity contribution in [3.05, 3.63) is 83.6 Å². The number of rotatable bonds is 6. The van der Waals surface area contributed by atoms with E-state index in [1.54, 1.807) is 47.0 Å². The van der Waals surface area contributed by atoms with Crippen LogP contribution < -0.4 is 5.32 Å². The van der Waals surface area contributed by atoms with Crippen LogP contribution in [0.25, 0.3) is 22.6 Å². The van der Waals surface area contributed by atoms with E-state index in [1.807, 2.05) is 13.0 Å². The van der Waals surface area contributed by atoms with Gasteiger partial charge in [-0.15, -0.1) is 10.2 Å². The maximum atomic E-state index is 15.5. The Balaban J connectivity index is 1.42. The minimum Gasteiger partial charge on any atom is -0.342 e. The third-order valence-corrected chi connectivity index (χ3v) is 6.81. The molecular formula is C26H21F5N8. The molecule has 4 aromatic heterocycles. The summed E-state index contributed by atoms with van der Waals surface area (Å²) in [7, 11) is 1.79. The lowest BCUT2D eigenvalue weighted by Gasteiger charge is -2.28. The van der Waals surface area contributed by atoms with E-state index in [0.29, 0.717) is 23.6 Å². The molecule has 0 bridgehead atoms. The monoisotopic (exact) mass is 540 g/mol. The number of pyridine rings is 1. The van der Waals surface area contributed by atoms with Crippen molar-refractivity contribution in [3.63, 3.8) is 0 Å². The number of anilines is 2. The number of aryl methyl sites for hydroxylation is 2. The van der Waals surface area contributed by atoms with Crippen LogP contribution in [0.5, 0.6) is 0 Å². The molecule has 0 aliphatic carbocycles. The number of benzene rings is 1. The molecule has 0 radical (unpaired) electrons. The van der Waals surface area contributed by atoms with Crippen molar-refractivity contribution in [2.45, 2.75) is 25.4 Å². The van der Waals surface area contributed by atoms with E-state index in [0.717, 1.165) is 33.1 Å². The van der Waals surface area contributed by atoms with Gasteiger partial charge in [0.2, 0.25) is 5.82 Å². The second-order valence-electron chi connectivity index (χ2n) is 9.34. The third kappa shape index (κ3) is 4.04. The number of hydrogen-bond donors (Lipinski definition) is 1. The van der Waals surface area contributed by atoms with Crippen molar-refractivity contribution < 1.29 is 22.0 Å². The van der Waals surface area contributed by atoms with Gasteiger partial charge in [-0.3, -0.25) is 9.25 Å². The molecule has 1 aromatic carbocycles. The predicted molar refractivity (Wildman–Crippen MR) is 132 cm³/mol. The molecule has 0 spiro atoms. The normalized spacial score (nSPS) is 14.8. The van der Waals surface area contributed by atoms with Crippen molar-refractivity contribution in [2.24, 2.45) is 7.05 Å². The second kappa shape index (κ2) is 9.03. The SMILES string of the molecule is Cc1cnc(Nc2ccnn2C)cc1-c1cc2n(c1)C[C@H](CF)n1c-2nnc1C(F)(F)c1ccc(F)cc1F. The highest BCUT2D eigenvalue weighted by molar-refractivity contribution is 5.75. The Hall–Kier alpha value is -4.55. The summed E-state index contributed by atoms with van der Waals surface area (Å²) in [6.07, 6.45) is 5.15. The maximum absolute atomic E-state index is 15.5. The fourth-order valence-corrected chi connectivity index (χ4v) is 4.84. The molecule has 0 fully saturated rings. The highest BCUT2D eigenvalue weighted by atomic mass is 19.3. The Kier molecular flexibility index (Phi) is 5.74. The molecule has 0 saturated heterocycles. The first kappa shape index (κ1) is 24.8. The molecule has 39 heavy (non-hydrogen) atoms. The Morgan fingerprint density at radius 3 is 2.64 bits per heavy atom. The van der Waals surface area contributed by atoms with Gasteiger partial charge >= 0.3 is 5.92 Å². The fraction of sp³-hybridized carbons (Fsp3) is 0.231. The van der Waals surface area contributed by atoms with Gasteiger partial charge in [0, 0.05) is 43.7 Å². The average Bonchev–Trinajstić information content (AvgIpc) is 3.62. The molecule has 200 valence electrons. The van der Waals surface area contributed by atoms with E-state index in [-0.39, 0.29) is 12.4 Å². The molecule has 0 unspecified atom stereocenters. The number of aromatic nitrogens is 7. The summed E-state index contributed by atoms with van der Waals surface area (Å²) in [4.78, 5) is 4.42. The van der Waals surface area contributed by atoms with Crippen molar-refractivity contribution in [1.82, 2.24) is 34.1 Å². The van der Waals surface area contributed by atoms with Crippen LogP contribution in [0.2, 0.25) is 0 Å². The van der Waals surface area contributed by atoms with Gasteiger partial charge < -0.3 is 9.88 Å². The van der Waals surface area contributed by atoms with Crippen molar-refractivity contribution in [2.75, 3.05) is 12.0 Å². The van der Waals surface area contributed by atoms with Crippen LogP contribution in [0.3, 0.4) is 0 Å². The maximum Gasteiger partial charge on any atom is 0.334 e. The molecule has 5 heterocycles. The molecule has 0 amide bonds. The van der Waals surface area contributed by atoms with Gasteiger partial charge in [0.05, 0.1) is 23.5 Å². The molecule has 1 N–H and O–H groups in total. The van der Waals surface area contributed by atoms with Crippen LogP contribution in [-0.2, 0) is 19.5 Å². The standard InChI is InChI=1S/C26H21F5N8/c1-14-11-32-22(34-23-5-6-33-37(23)2)9-18(14)15-7-21-24-35-36-25(39(24)17(10-27)13-38(21)12-15)26(30,31)19-4-3-16(28)8-20(19)29/h3-9,11-12,17H,10,13H2,1-2H3,(H,32,34)/t17-/m0/s1. The van der Waals surface area contributed by atoms with E-state index < -0.39 is 41.7 Å². The summed E-state index contributed by atoms with van der Waals surface area (Å²) in [5.74, 6) is -6.00. The lowest BCUT2D eigenvalue weighted by atomic mass is 10.0. The zero-order valence-corrected chi connectivity index (χ0v) is 20.7. The second-order valence-corrected chi connectivity index (χ2v) is 9.34. The molecule has 1 aliphatic rings. The summed E-state index contributed by atoms with van der Waals surface area (Å²) in [6, 6.07) is 6.10. The van der Waals surface area contributed by atoms with Crippen LogP contribution >= 0.6 is 0 Å². The Morgan fingerprint density at radius 1 is 1.10 bits per heavy atom. The molecule has 6 rings (SSSR count). The highest BCUT2D eigenvalue weighted by Gasteiger charge is 2.45. The highest BCUT2D eigenvalue weighted by Crippen LogP contribution is 2.42. The molecule has 13 heteroatoms.